The average molecular weight is 232 g/mol. The van der Waals surface area contributed by atoms with Gasteiger partial charge in [0, 0.05) is 13.6 Å². The van der Waals surface area contributed by atoms with Gasteiger partial charge < -0.3 is 5.32 Å². The van der Waals surface area contributed by atoms with E-state index in [1.165, 1.54) is 15.6 Å². The zero-order valence-electron chi connectivity index (χ0n) is 9.42. The van der Waals surface area contributed by atoms with Crippen molar-refractivity contribution in [3.8, 4) is 12.3 Å². The number of rotatable bonds is 4. The van der Waals surface area contributed by atoms with Gasteiger partial charge >= 0.3 is 0 Å². The van der Waals surface area contributed by atoms with Gasteiger partial charge in [0.15, 0.2) is 5.65 Å². The van der Waals surface area contributed by atoms with Crippen LogP contribution in [0.25, 0.3) is 11.0 Å². The second-order valence-corrected chi connectivity index (χ2v) is 3.50. The van der Waals surface area contributed by atoms with Crippen LogP contribution in [0, 0.1) is 12.3 Å². The van der Waals surface area contributed by atoms with Gasteiger partial charge in [-0.15, -0.1) is 11.5 Å². The molecule has 0 bridgehead atoms. The van der Waals surface area contributed by atoms with E-state index in [0.29, 0.717) is 30.7 Å². The lowest BCUT2D eigenvalue weighted by Gasteiger charge is -2.03. The quantitative estimate of drug-likeness (QED) is 0.526. The minimum Gasteiger partial charge on any atom is -0.304 e. The van der Waals surface area contributed by atoms with Crippen LogP contribution in [0.15, 0.2) is 11.0 Å². The van der Waals surface area contributed by atoms with Gasteiger partial charge in [0.2, 0.25) is 0 Å². The molecule has 0 aliphatic rings. The molecule has 0 spiro atoms. The van der Waals surface area contributed by atoms with Crippen molar-refractivity contribution in [2.75, 3.05) is 13.1 Å². The summed E-state index contributed by atoms with van der Waals surface area (Å²) in [5.41, 5.74) is 0.299. The van der Waals surface area contributed by atoms with Gasteiger partial charge in [-0.05, 0) is 0 Å². The van der Waals surface area contributed by atoms with E-state index in [1.54, 1.807) is 7.05 Å². The van der Waals surface area contributed by atoms with E-state index in [2.05, 4.69) is 26.6 Å². The first-order valence-corrected chi connectivity index (χ1v) is 5.13. The second kappa shape index (κ2) is 4.76. The molecule has 0 aromatic carbocycles. The SMILES string of the molecule is C#CCNCCn1nnc2c(cnn2C)c1=O. The van der Waals surface area contributed by atoms with Crippen LogP contribution in [-0.2, 0) is 13.6 Å². The van der Waals surface area contributed by atoms with Crippen molar-refractivity contribution in [1.82, 2.24) is 30.1 Å². The lowest BCUT2D eigenvalue weighted by Crippen LogP contribution is -2.29. The Balaban J connectivity index is 2.22. The van der Waals surface area contributed by atoms with Crippen LogP contribution in [0.5, 0.6) is 0 Å². The lowest BCUT2D eigenvalue weighted by molar-refractivity contribution is 0.524. The molecule has 0 aliphatic heterocycles. The van der Waals surface area contributed by atoms with Crippen molar-refractivity contribution < 1.29 is 0 Å². The first-order valence-electron chi connectivity index (χ1n) is 5.13. The molecular formula is C10H12N6O. The summed E-state index contributed by atoms with van der Waals surface area (Å²) in [7, 11) is 1.72. The largest absolute Gasteiger partial charge is 0.304 e. The fourth-order valence-electron chi connectivity index (χ4n) is 1.47. The van der Waals surface area contributed by atoms with E-state index in [-0.39, 0.29) is 5.56 Å². The molecule has 0 saturated heterocycles. The van der Waals surface area contributed by atoms with Crippen molar-refractivity contribution in [3.63, 3.8) is 0 Å². The molecule has 0 radical (unpaired) electrons. The smallest absolute Gasteiger partial charge is 0.280 e. The highest BCUT2D eigenvalue weighted by Crippen LogP contribution is 2.01. The maximum Gasteiger partial charge on any atom is 0.280 e. The van der Waals surface area contributed by atoms with Gasteiger partial charge in [-0.1, -0.05) is 11.1 Å². The normalized spacial score (nSPS) is 10.6. The minimum atomic E-state index is -0.189. The molecule has 2 heterocycles. The predicted octanol–water partition coefficient (Wildman–Crippen LogP) is -1.25. The van der Waals surface area contributed by atoms with E-state index >= 15 is 0 Å². The maximum absolute atomic E-state index is 11.9. The predicted molar refractivity (Wildman–Crippen MR) is 62.3 cm³/mol. The molecule has 0 aliphatic carbocycles. The van der Waals surface area contributed by atoms with Gasteiger partial charge in [-0.25, -0.2) is 9.36 Å². The Kier molecular flexibility index (Phi) is 3.16. The third kappa shape index (κ3) is 2.16. The Morgan fingerprint density at radius 1 is 1.59 bits per heavy atom. The first kappa shape index (κ1) is 11.3. The van der Waals surface area contributed by atoms with Crippen LogP contribution in [0.2, 0.25) is 0 Å². The Morgan fingerprint density at radius 2 is 2.41 bits per heavy atom. The lowest BCUT2D eigenvalue weighted by atomic mass is 10.4. The molecule has 7 heteroatoms. The summed E-state index contributed by atoms with van der Waals surface area (Å²) in [5.74, 6) is 2.45. The fourth-order valence-corrected chi connectivity index (χ4v) is 1.47. The number of fused-ring (bicyclic) bond motifs is 1. The molecule has 0 saturated carbocycles. The fraction of sp³-hybridized carbons (Fsp3) is 0.400. The van der Waals surface area contributed by atoms with Crippen LogP contribution < -0.4 is 10.9 Å². The summed E-state index contributed by atoms with van der Waals surface area (Å²) in [6.45, 7) is 1.47. The standard InChI is InChI=1S/C10H12N6O/c1-3-4-11-5-6-16-10(17)8-7-12-15(2)9(8)13-14-16/h1,7,11H,4-6H2,2H3. The van der Waals surface area contributed by atoms with Gasteiger partial charge in [0.25, 0.3) is 5.56 Å². The Bertz CT molecular complexity index is 620. The van der Waals surface area contributed by atoms with Gasteiger partial charge in [0.05, 0.1) is 19.3 Å². The van der Waals surface area contributed by atoms with Crippen LogP contribution in [0.4, 0.5) is 0 Å². The third-order valence-electron chi connectivity index (χ3n) is 2.35. The first-order chi connectivity index (χ1) is 8.24. The molecule has 2 aromatic heterocycles. The molecule has 1 N–H and O–H groups in total. The van der Waals surface area contributed by atoms with Crippen LogP contribution >= 0.6 is 0 Å². The Morgan fingerprint density at radius 3 is 3.18 bits per heavy atom. The highest BCUT2D eigenvalue weighted by atomic mass is 16.1. The molecule has 0 amide bonds. The second-order valence-electron chi connectivity index (χ2n) is 3.50. The molecule has 2 rings (SSSR count). The topological polar surface area (TPSA) is 77.6 Å². The van der Waals surface area contributed by atoms with Crippen molar-refractivity contribution in [2.24, 2.45) is 7.05 Å². The Hall–Kier alpha value is -2.20. The number of aryl methyl sites for hydroxylation is 1. The number of nitrogens with zero attached hydrogens (tertiary/aromatic N) is 5. The Labute approximate surface area is 97.4 Å². The summed E-state index contributed by atoms with van der Waals surface area (Å²) < 4.78 is 2.82. The highest BCUT2D eigenvalue weighted by Gasteiger charge is 2.08. The van der Waals surface area contributed by atoms with E-state index < -0.39 is 0 Å². The van der Waals surface area contributed by atoms with Gasteiger partial charge in [-0.2, -0.15) is 5.10 Å². The third-order valence-corrected chi connectivity index (χ3v) is 2.35. The summed E-state index contributed by atoms with van der Waals surface area (Å²) in [4.78, 5) is 11.9. The average Bonchev–Trinajstić information content (AvgIpc) is 2.70. The minimum absolute atomic E-state index is 0.189. The molecule has 0 atom stereocenters. The van der Waals surface area contributed by atoms with Crippen molar-refractivity contribution >= 4 is 11.0 Å². The van der Waals surface area contributed by atoms with E-state index in [1.807, 2.05) is 0 Å². The molecule has 0 unspecified atom stereocenters. The molecule has 0 fully saturated rings. The molecular weight excluding hydrogens is 220 g/mol. The molecule has 2 aromatic rings. The zero-order chi connectivity index (χ0) is 12.3. The number of aromatic nitrogens is 5. The van der Waals surface area contributed by atoms with Crippen LogP contribution in [0.3, 0.4) is 0 Å². The highest BCUT2D eigenvalue weighted by molar-refractivity contribution is 5.72. The molecule has 88 valence electrons. The van der Waals surface area contributed by atoms with E-state index in [9.17, 15) is 4.79 Å². The van der Waals surface area contributed by atoms with Gasteiger partial charge in [0.1, 0.15) is 5.39 Å². The summed E-state index contributed by atoms with van der Waals surface area (Å²) in [6.07, 6.45) is 6.59. The van der Waals surface area contributed by atoms with Crippen molar-refractivity contribution in [2.45, 2.75) is 6.54 Å². The van der Waals surface area contributed by atoms with Crippen LogP contribution in [0.1, 0.15) is 0 Å². The molecule has 7 nitrogen and oxygen atoms in total. The molecule has 17 heavy (non-hydrogen) atoms. The van der Waals surface area contributed by atoms with Crippen molar-refractivity contribution in [3.05, 3.63) is 16.6 Å². The van der Waals surface area contributed by atoms with Crippen LogP contribution in [-0.4, -0.2) is 37.9 Å². The number of terminal acetylenes is 1. The van der Waals surface area contributed by atoms with Crippen molar-refractivity contribution in [1.29, 1.82) is 0 Å². The summed E-state index contributed by atoms with van der Waals surface area (Å²) in [5, 5.41) is 15.2. The summed E-state index contributed by atoms with van der Waals surface area (Å²) in [6, 6.07) is 0. The van der Waals surface area contributed by atoms with Gasteiger partial charge in [-0.3, -0.25) is 4.79 Å². The summed E-state index contributed by atoms with van der Waals surface area (Å²) >= 11 is 0. The number of hydrogen-bond acceptors (Lipinski definition) is 5. The maximum atomic E-state index is 11.9. The van der Waals surface area contributed by atoms with E-state index in [4.69, 9.17) is 6.42 Å². The zero-order valence-corrected chi connectivity index (χ0v) is 9.42. The number of hydrogen-bond donors (Lipinski definition) is 1. The number of nitrogens with one attached hydrogen (secondary N) is 1. The monoisotopic (exact) mass is 232 g/mol. The van der Waals surface area contributed by atoms with E-state index in [0.717, 1.165) is 0 Å².